The fraction of sp³-hybridized carbons (Fsp3) is 0.429. The van der Waals surface area contributed by atoms with Crippen LogP contribution in [0.4, 0.5) is 4.79 Å². The molecule has 3 aromatic carbocycles. The van der Waals surface area contributed by atoms with Gasteiger partial charge in [-0.2, -0.15) is 0 Å². The van der Waals surface area contributed by atoms with E-state index in [0.717, 1.165) is 80.7 Å². The summed E-state index contributed by atoms with van der Waals surface area (Å²) in [7, 11) is 0. The average Bonchev–Trinajstić information content (AvgIpc) is 3.42. The summed E-state index contributed by atoms with van der Waals surface area (Å²) >= 11 is 12.7. The Morgan fingerprint density at radius 1 is 0.884 bits per heavy atom. The van der Waals surface area contributed by atoms with E-state index in [-0.39, 0.29) is 30.3 Å². The first-order chi connectivity index (χ1) is 20.9. The standard InChI is InChI=1S/C35H41Cl2N4O2/c1-24(2)43-31-9-5-4-8-30(31)34-39-32(25-10-14-27(36)15-11-25)33(26-12-16-28(37)17-13-26)40(34)35(42)41(22-6-3-7-23-41)29-18-20-38-21-19-29/h4-5,8-17,24,29,32-33,38H,3,6-7,18-23H2,1-2H3/q+1. The number of urea groups is 1. The average molecular weight is 621 g/mol. The Bertz CT molecular complexity index is 1450. The summed E-state index contributed by atoms with van der Waals surface area (Å²) in [5.74, 6) is 1.39. The summed E-state index contributed by atoms with van der Waals surface area (Å²) in [5.41, 5.74) is 2.84. The van der Waals surface area contributed by atoms with Gasteiger partial charge < -0.3 is 10.1 Å². The summed E-state index contributed by atoms with van der Waals surface area (Å²) in [4.78, 5) is 23.0. The zero-order chi connectivity index (χ0) is 30.0. The number of aliphatic imine (C=N–C) groups is 1. The SMILES string of the molecule is CC(C)Oc1ccccc1C1=NC(c2ccc(Cl)cc2)C(c2ccc(Cl)cc2)N1C(=O)[N+]1(C2CCNCC2)CCCCC1. The van der Waals surface area contributed by atoms with E-state index >= 15 is 4.79 Å². The Morgan fingerprint density at radius 3 is 2.12 bits per heavy atom. The van der Waals surface area contributed by atoms with Crippen LogP contribution >= 0.6 is 23.2 Å². The lowest BCUT2D eigenvalue weighted by atomic mass is 9.92. The molecule has 2 saturated heterocycles. The van der Waals surface area contributed by atoms with Crippen molar-refractivity contribution in [3.8, 4) is 5.75 Å². The van der Waals surface area contributed by atoms with Crippen LogP contribution in [0.3, 0.4) is 0 Å². The highest BCUT2D eigenvalue weighted by Crippen LogP contribution is 2.47. The van der Waals surface area contributed by atoms with Crippen LogP contribution in [0.2, 0.25) is 10.0 Å². The van der Waals surface area contributed by atoms with Crippen LogP contribution in [0, 0.1) is 0 Å². The molecule has 226 valence electrons. The van der Waals surface area contributed by atoms with Crippen LogP contribution in [-0.4, -0.2) is 59.6 Å². The van der Waals surface area contributed by atoms with E-state index in [4.69, 9.17) is 32.9 Å². The number of hydrogen-bond acceptors (Lipinski definition) is 4. The quantitative estimate of drug-likeness (QED) is 0.283. The smallest absolute Gasteiger partial charge is 0.425 e. The van der Waals surface area contributed by atoms with Crippen LogP contribution in [0.15, 0.2) is 77.8 Å². The van der Waals surface area contributed by atoms with E-state index < -0.39 is 0 Å². The molecule has 3 aliphatic heterocycles. The minimum Gasteiger partial charge on any atom is -0.490 e. The fourth-order valence-electron chi connectivity index (χ4n) is 7.17. The maximum atomic E-state index is 15.5. The predicted molar refractivity (Wildman–Crippen MR) is 174 cm³/mol. The van der Waals surface area contributed by atoms with E-state index in [1.54, 1.807) is 0 Å². The van der Waals surface area contributed by atoms with Crippen LogP contribution in [0.5, 0.6) is 5.75 Å². The fourth-order valence-corrected chi connectivity index (χ4v) is 7.42. The zero-order valence-electron chi connectivity index (χ0n) is 25.0. The van der Waals surface area contributed by atoms with Crippen molar-refractivity contribution in [3.63, 3.8) is 0 Å². The number of amides is 2. The number of ether oxygens (including phenoxy) is 1. The molecule has 0 aromatic heterocycles. The number of hydrogen-bond donors (Lipinski definition) is 1. The molecule has 43 heavy (non-hydrogen) atoms. The first-order valence-corrected chi connectivity index (χ1v) is 16.4. The van der Waals surface area contributed by atoms with Gasteiger partial charge in [0, 0.05) is 36.0 Å². The zero-order valence-corrected chi connectivity index (χ0v) is 26.5. The van der Waals surface area contributed by atoms with Gasteiger partial charge in [-0.05, 0) is 80.6 Å². The van der Waals surface area contributed by atoms with Crippen molar-refractivity contribution in [2.45, 2.75) is 70.2 Å². The highest BCUT2D eigenvalue weighted by Gasteiger charge is 2.54. The Labute approximate surface area is 265 Å². The molecule has 0 spiro atoms. The molecule has 0 saturated carbocycles. The molecule has 6 rings (SSSR count). The first-order valence-electron chi connectivity index (χ1n) is 15.6. The van der Waals surface area contributed by atoms with Crippen LogP contribution in [0.1, 0.15) is 74.7 Å². The summed E-state index contributed by atoms with van der Waals surface area (Å²) in [6.45, 7) is 7.64. The number of para-hydroxylation sites is 1. The van der Waals surface area contributed by atoms with Gasteiger partial charge in [0.1, 0.15) is 17.6 Å². The van der Waals surface area contributed by atoms with Crippen LogP contribution in [0.25, 0.3) is 0 Å². The Kier molecular flexibility index (Phi) is 9.11. The number of halogens is 2. The molecule has 0 aliphatic carbocycles. The van der Waals surface area contributed by atoms with Gasteiger partial charge in [0.2, 0.25) is 0 Å². The second-order valence-corrected chi connectivity index (χ2v) is 13.2. The van der Waals surface area contributed by atoms with Gasteiger partial charge in [-0.25, -0.2) is 14.2 Å². The lowest BCUT2D eigenvalue weighted by molar-refractivity contribution is -0.884. The topological polar surface area (TPSA) is 53.9 Å². The highest BCUT2D eigenvalue weighted by molar-refractivity contribution is 6.30. The molecular weight excluding hydrogens is 579 g/mol. The van der Waals surface area contributed by atoms with Gasteiger partial charge in [0.25, 0.3) is 0 Å². The van der Waals surface area contributed by atoms with Gasteiger partial charge in [-0.15, -0.1) is 0 Å². The molecule has 1 N–H and O–H groups in total. The van der Waals surface area contributed by atoms with Crippen molar-refractivity contribution < 1.29 is 14.0 Å². The number of carbonyl (C=O) groups excluding carboxylic acids is 1. The third-order valence-electron chi connectivity index (χ3n) is 9.19. The molecule has 2 unspecified atom stereocenters. The van der Waals surface area contributed by atoms with E-state index in [0.29, 0.717) is 20.4 Å². The van der Waals surface area contributed by atoms with E-state index in [1.165, 1.54) is 0 Å². The molecular formula is C35H41Cl2N4O2+. The minimum absolute atomic E-state index is 0.0263. The number of nitrogens with one attached hydrogen (secondary N) is 1. The number of amidine groups is 1. The van der Waals surface area contributed by atoms with Crippen LogP contribution in [-0.2, 0) is 0 Å². The third kappa shape index (κ3) is 6.08. The molecule has 6 nitrogen and oxygen atoms in total. The number of quaternary nitrogens is 1. The number of piperidine rings is 2. The van der Waals surface area contributed by atoms with E-state index in [1.807, 2.05) is 91.5 Å². The summed E-state index contributed by atoms with van der Waals surface area (Å²) in [5, 5.41) is 4.84. The normalized spacial score (nSPS) is 22.4. The Hall–Kier alpha value is -2.90. The third-order valence-corrected chi connectivity index (χ3v) is 9.69. The molecule has 0 bridgehead atoms. The van der Waals surface area contributed by atoms with Gasteiger partial charge in [0.15, 0.2) is 0 Å². The summed E-state index contributed by atoms with van der Waals surface area (Å²) in [6, 6.07) is 23.5. The predicted octanol–water partition coefficient (Wildman–Crippen LogP) is 8.20. The van der Waals surface area contributed by atoms with Crippen molar-refractivity contribution in [2.24, 2.45) is 4.99 Å². The molecule has 2 atom stereocenters. The Morgan fingerprint density at radius 2 is 1.49 bits per heavy atom. The molecule has 3 aromatic rings. The number of carbonyl (C=O) groups is 1. The monoisotopic (exact) mass is 619 g/mol. The number of nitrogens with zero attached hydrogens (tertiary/aromatic N) is 3. The lowest BCUT2D eigenvalue weighted by Crippen LogP contribution is -2.67. The van der Waals surface area contributed by atoms with Gasteiger partial charge in [0.05, 0.1) is 36.8 Å². The lowest BCUT2D eigenvalue weighted by Gasteiger charge is -2.48. The summed E-state index contributed by atoms with van der Waals surface area (Å²) in [6.07, 6.45) is 5.22. The van der Waals surface area contributed by atoms with E-state index in [9.17, 15) is 0 Å². The van der Waals surface area contributed by atoms with Crippen molar-refractivity contribution in [1.82, 2.24) is 10.2 Å². The molecule has 3 aliphatic rings. The first kappa shape index (κ1) is 30.1. The van der Waals surface area contributed by atoms with Gasteiger partial charge in [-0.1, -0.05) is 59.6 Å². The largest absolute Gasteiger partial charge is 0.490 e. The van der Waals surface area contributed by atoms with Crippen molar-refractivity contribution in [3.05, 3.63) is 99.5 Å². The second-order valence-electron chi connectivity index (χ2n) is 12.3. The highest BCUT2D eigenvalue weighted by atomic mass is 35.5. The molecule has 8 heteroatoms. The number of benzene rings is 3. The van der Waals surface area contributed by atoms with E-state index in [2.05, 4.69) is 5.32 Å². The Balaban J connectivity index is 1.55. The molecule has 0 radical (unpaired) electrons. The maximum absolute atomic E-state index is 15.5. The number of likely N-dealkylation sites (tertiary alicyclic amines) is 1. The minimum atomic E-state index is -0.355. The maximum Gasteiger partial charge on any atom is 0.425 e. The van der Waals surface area contributed by atoms with Crippen molar-refractivity contribution in [2.75, 3.05) is 26.2 Å². The van der Waals surface area contributed by atoms with Gasteiger partial charge >= 0.3 is 6.03 Å². The molecule has 3 heterocycles. The molecule has 2 amide bonds. The summed E-state index contributed by atoms with van der Waals surface area (Å²) < 4.78 is 6.80. The van der Waals surface area contributed by atoms with Crippen LogP contribution < -0.4 is 10.1 Å². The van der Waals surface area contributed by atoms with Gasteiger partial charge in [-0.3, -0.25) is 4.99 Å². The number of rotatable bonds is 6. The second kappa shape index (κ2) is 13.0. The molecule has 2 fully saturated rings. The van der Waals surface area contributed by atoms with Crippen molar-refractivity contribution >= 4 is 35.1 Å². The van der Waals surface area contributed by atoms with Crippen molar-refractivity contribution in [1.29, 1.82) is 0 Å².